The fraction of sp³-hybridized carbons (Fsp3) is 0.250. The third kappa shape index (κ3) is 2.45. The van der Waals surface area contributed by atoms with Crippen LogP contribution in [0.2, 0.25) is 0 Å². The summed E-state index contributed by atoms with van der Waals surface area (Å²) in [5.74, 6) is 0. The van der Waals surface area contributed by atoms with E-state index in [2.05, 4.69) is 79.2 Å². The number of fused-ring (bicyclic) bond motifs is 2. The van der Waals surface area contributed by atoms with Crippen LogP contribution in [0.15, 0.2) is 42.5 Å². The van der Waals surface area contributed by atoms with Gasteiger partial charge in [0.15, 0.2) is 0 Å². The zero-order valence-electron chi connectivity index (χ0n) is 13.8. The van der Waals surface area contributed by atoms with Crippen molar-refractivity contribution < 1.29 is 4.57 Å². The van der Waals surface area contributed by atoms with Crippen LogP contribution >= 0.6 is 11.3 Å². The first kappa shape index (κ1) is 14.5. The summed E-state index contributed by atoms with van der Waals surface area (Å²) in [6.07, 6.45) is 4.67. The van der Waals surface area contributed by atoms with Crippen LogP contribution in [-0.2, 0) is 13.5 Å². The molecule has 0 radical (unpaired) electrons. The zero-order chi connectivity index (χ0) is 16.0. The first-order chi connectivity index (χ1) is 11.1. The highest BCUT2D eigenvalue weighted by Crippen LogP contribution is 2.36. The van der Waals surface area contributed by atoms with E-state index in [1.165, 1.54) is 37.6 Å². The Bertz CT molecular complexity index is 919. The Balaban J connectivity index is 1.77. The number of thiazole rings is 1. The van der Waals surface area contributed by atoms with Crippen LogP contribution in [-0.4, -0.2) is 14.1 Å². The average Bonchev–Trinajstić information content (AvgIpc) is 3.10. The first-order valence-corrected chi connectivity index (χ1v) is 8.84. The zero-order valence-corrected chi connectivity index (χ0v) is 14.7. The molecule has 1 aromatic heterocycles. The van der Waals surface area contributed by atoms with Crippen LogP contribution < -0.4 is 9.47 Å². The second-order valence-corrected chi connectivity index (χ2v) is 7.43. The summed E-state index contributed by atoms with van der Waals surface area (Å²) < 4.78 is 3.65. The molecule has 0 N–H and O–H groups in total. The van der Waals surface area contributed by atoms with E-state index in [0.29, 0.717) is 0 Å². The van der Waals surface area contributed by atoms with Crippen molar-refractivity contribution in [3.8, 4) is 0 Å². The van der Waals surface area contributed by atoms with Gasteiger partial charge in [0.05, 0.1) is 0 Å². The van der Waals surface area contributed by atoms with Crippen LogP contribution in [0, 0.1) is 0 Å². The fourth-order valence-corrected chi connectivity index (χ4v) is 4.45. The number of hydrogen-bond acceptors (Lipinski definition) is 2. The largest absolute Gasteiger partial charge is 0.378 e. The predicted molar refractivity (Wildman–Crippen MR) is 100.0 cm³/mol. The van der Waals surface area contributed by atoms with Gasteiger partial charge in [-0.2, -0.15) is 4.57 Å². The summed E-state index contributed by atoms with van der Waals surface area (Å²) in [7, 11) is 6.37. The van der Waals surface area contributed by atoms with Crippen molar-refractivity contribution in [3.63, 3.8) is 0 Å². The van der Waals surface area contributed by atoms with Gasteiger partial charge in [0.2, 0.25) is 5.52 Å². The first-order valence-electron chi connectivity index (χ1n) is 8.02. The van der Waals surface area contributed by atoms with E-state index < -0.39 is 0 Å². The van der Waals surface area contributed by atoms with E-state index in [1.54, 1.807) is 0 Å². The maximum absolute atomic E-state index is 2.38. The van der Waals surface area contributed by atoms with Crippen molar-refractivity contribution in [1.29, 1.82) is 0 Å². The van der Waals surface area contributed by atoms with Crippen molar-refractivity contribution in [2.45, 2.75) is 12.8 Å². The molecule has 0 amide bonds. The second-order valence-electron chi connectivity index (χ2n) is 6.37. The molecule has 0 aliphatic heterocycles. The molecule has 0 saturated heterocycles. The quantitative estimate of drug-likeness (QED) is 0.639. The number of hydrogen-bond donors (Lipinski definition) is 0. The number of allylic oxidation sites excluding steroid dienone is 1. The van der Waals surface area contributed by atoms with Crippen molar-refractivity contribution in [2.75, 3.05) is 19.0 Å². The standard InChI is InChI=1S/C20H21N2S/c1-21(2)16-10-11-17-14(12-16)8-9-15(17)13-20-22(3)18-6-4-5-7-19(18)23-20/h4-7,10-13H,8-9H2,1-3H3/q+1. The molecule has 23 heavy (non-hydrogen) atoms. The van der Waals surface area contributed by atoms with E-state index in [9.17, 15) is 0 Å². The highest BCUT2D eigenvalue weighted by Gasteiger charge is 2.20. The lowest BCUT2D eigenvalue weighted by Gasteiger charge is -2.13. The van der Waals surface area contributed by atoms with Crippen LogP contribution in [0.3, 0.4) is 0 Å². The molecule has 2 aromatic carbocycles. The highest BCUT2D eigenvalue weighted by molar-refractivity contribution is 7.18. The van der Waals surface area contributed by atoms with Gasteiger partial charge in [-0.25, -0.2) is 0 Å². The van der Waals surface area contributed by atoms with Crippen molar-refractivity contribution >= 4 is 38.9 Å². The van der Waals surface area contributed by atoms with Crippen molar-refractivity contribution in [3.05, 3.63) is 58.6 Å². The predicted octanol–water partition coefficient (Wildman–Crippen LogP) is 4.28. The Hall–Kier alpha value is -2.13. The minimum absolute atomic E-state index is 1.14. The Morgan fingerprint density at radius 3 is 2.70 bits per heavy atom. The van der Waals surface area contributed by atoms with Gasteiger partial charge >= 0.3 is 0 Å². The lowest BCUT2D eigenvalue weighted by Crippen LogP contribution is -2.28. The second kappa shape index (κ2) is 5.50. The van der Waals surface area contributed by atoms with E-state index in [0.717, 1.165) is 12.8 Å². The Labute approximate surface area is 141 Å². The van der Waals surface area contributed by atoms with Crippen LogP contribution in [0.4, 0.5) is 5.69 Å². The molecule has 3 heteroatoms. The van der Waals surface area contributed by atoms with Crippen molar-refractivity contribution in [1.82, 2.24) is 0 Å². The molecule has 116 valence electrons. The van der Waals surface area contributed by atoms with Crippen LogP contribution in [0.1, 0.15) is 22.6 Å². The molecule has 3 aromatic rings. The van der Waals surface area contributed by atoms with Gasteiger partial charge < -0.3 is 4.90 Å². The number of nitrogens with zero attached hydrogens (tertiary/aromatic N) is 2. The maximum Gasteiger partial charge on any atom is 0.262 e. The molecular weight excluding hydrogens is 300 g/mol. The number of rotatable bonds is 2. The lowest BCUT2D eigenvalue weighted by molar-refractivity contribution is -0.642. The van der Waals surface area contributed by atoms with Crippen LogP contribution in [0.5, 0.6) is 0 Å². The van der Waals surface area contributed by atoms with Gasteiger partial charge in [0, 0.05) is 31.9 Å². The summed E-state index contributed by atoms with van der Waals surface area (Å²) in [5.41, 5.74) is 6.97. The average molecular weight is 321 g/mol. The number of benzene rings is 2. The monoisotopic (exact) mass is 321 g/mol. The Kier molecular flexibility index (Phi) is 3.46. The summed E-state index contributed by atoms with van der Waals surface area (Å²) in [6.45, 7) is 0. The molecular formula is C20H21N2S+. The van der Waals surface area contributed by atoms with Gasteiger partial charge in [-0.1, -0.05) is 29.5 Å². The summed E-state index contributed by atoms with van der Waals surface area (Å²) in [6, 6.07) is 15.5. The third-order valence-corrected chi connectivity index (χ3v) is 5.85. The molecule has 0 unspecified atom stereocenters. The Morgan fingerprint density at radius 1 is 1.09 bits per heavy atom. The van der Waals surface area contributed by atoms with Gasteiger partial charge in [-0.3, -0.25) is 0 Å². The van der Waals surface area contributed by atoms with E-state index in [1.807, 2.05) is 11.3 Å². The fourth-order valence-electron chi connectivity index (χ4n) is 3.33. The van der Waals surface area contributed by atoms with Crippen LogP contribution in [0.25, 0.3) is 21.9 Å². The summed E-state index contributed by atoms with van der Waals surface area (Å²) in [5, 5.41) is 1.32. The highest BCUT2D eigenvalue weighted by atomic mass is 32.1. The molecule has 0 spiro atoms. The van der Waals surface area contributed by atoms with Gasteiger partial charge in [0.25, 0.3) is 5.01 Å². The van der Waals surface area contributed by atoms with Gasteiger partial charge in [-0.05, 0) is 47.7 Å². The third-order valence-electron chi connectivity index (χ3n) is 4.68. The number of aromatic nitrogens is 1. The molecule has 1 aliphatic rings. The number of para-hydroxylation sites is 1. The van der Waals surface area contributed by atoms with E-state index >= 15 is 0 Å². The van der Waals surface area contributed by atoms with Gasteiger partial charge in [-0.15, -0.1) is 0 Å². The summed E-state index contributed by atoms with van der Waals surface area (Å²) in [4.78, 5) is 2.17. The molecule has 4 rings (SSSR count). The van der Waals surface area contributed by atoms with E-state index in [4.69, 9.17) is 0 Å². The Morgan fingerprint density at radius 2 is 1.91 bits per heavy atom. The van der Waals surface area contributed by atoms with Crippen molar-refractivity contribution in [2.24, 2.45) is 7.05 Å². The van der Waals surface area contributed by atoms with E-state index in [-0.39, 0.29) is 0 Å². The molecule has 1 heterocycles. The smallest absolute Gasteiger partial charge is 0.262 e. The number of aryl methyl sites for hydroxylation is 2. The number of anilines is 1. The lowest BCUT2D eigenvalue weighted by atomic mass is 10.1. The maximum atomic E-state index is 2.38. The molecule has 2 nitrogen and oxygen atoms in total. The molecule has 0 atom stereocenters. The molecule has 0 bridgehead atoms. The molecule has 1 aliphatic carbocycles. The van der Waals surface area contributed by atoms with Gasteiger partial charge in [0.1, 0.15) is 11.7 Å². The molecule has 0 fully saturated rings. The molecule has 0 saturated carbocycles. The minimum atomic E-state index is 1.14. The summed E-state index contributed by atoms with van der Waals surface area (Å²) >= 11 is 1.87. The topological polar surface area (TPSA) is 7.12 Å². The minimum Gasteiger partial charge on any atom is -0.378 e. The SMILES string of the molecule is CN(C)c1ccc2c(c1)CC/C2=C\c1sc2ccccc2[n+]1C. The normalized spacial score (nSPS) is 15.3.